The summed E-state index contributed by atoms with van der Waals surface area (Å²) >= 11 is 0. The standard InChI is InChI=1S/C32H22N2O/c35-32(29-18-21-10-2-4-12-23(21)25-14-6-8-16-27(25)29)31-30(19-33-34-31)28-17-20-9-1-3-11-22(20)24-13-5-7-15-26(24)28/h1-18,30,33H,19H2. The van der Waals surface area contributed by atoms with Crippen LogP contribution in [0, 0.1) is 0 Å². The Bertz CT molecular complexity index is 1830. The highest BCUT2D eigenvalue weighted by atomic mass is 16.1. The van der Waals surface area contributed by atoms with E-state index in [2.05, 4.69) is 83.3 Å². The molecule has 0 aromatic heterocycles. The van der Waals surface area contributed by atoms with E-state index in [4.69, 9.17) is 0 Å². The Morgan fingerprint density at radius 1 is 0.629 bits per heavy atom. The minimum Gasteiger partial charge on any atom is -0.309 e. The second kappa shape index (κ2) is 7.78. The SMILES string of the molecule is O=C(C1=NNCC1c1cc2ccccc2c2ccccc12)c1cc2ccccc2c2ccccc12. The van der Waals surface area contributed by atoms with Gasteiger partial charge in [0.1, 0.15) is 5.71 Å². The quantitative estimate of drug-likeness (QED) is 0.228. The fourth-order valence-electron chi connectivity index (χ4n) is 5.61. The van der Waals surface area contributed by atoms with E-state index in [1.807, 2.05) is 36.4 Å². The summed E-state index contributed by atoms with van der Waals surface area (Å²) in [5.41, 5.74) is 5.56. The molecule has 0 aliphatic carbocycles. The molecular formula is C32H22N2O. The van der Waals surface area contributed by atoms with Gasteiger partial charge in [-0.2, -0.15) is 5.10 Å². The van der Waals surface area contributed by atoms with Gasteiger partial charge in [0, 0.05) is 12.1 Å². The fourth-order valence-corrected chi connectivity index (χ4v) is 5.61. The van der Waals surface area contributed by atoms with E-state index in [1.165, 1.54) is 21.5 Å². The molecule has 1 N–H and O–H groups in total. The van der Waals surface area contributed by atoms with Crippen LogP contribution in [0.25, 0.3) is 43.1 Å². The highest BCUT2D eigenvalue weighted by molar-refractivity contribution is 6.50. The number of fused-ring (bicyclic) bond motifs is 6. The van der Waals surface area contributed by atoms with Gasteiger partial charge in [-0.3, -0.25) is 4.79 Å². The van der Waals surface area contributed by atoms with Crippen molar-refractivity contribution in [1.82, 2.24) is 5.43 Å². The van der Waals surface area contributed by atoms with Gasteiger partial charge in [-0.1, -0.05) is 97.1 Å². The number of carbonyl (C=O) groups excluding carboxylic acids is 1. The van der Waals surface area contributed by atoms with Crippen LogP contribution in [0.4, 0.5) is 0 Å². The van der Waals surface area contributed by atoms with E-state index in [0.29, 0.717) is 17.8 Å². The molecular weight excluding hydrogens is 428 g/mol. The zero-order valence-corrected chi connectivity index (χ0v) is 19.0. The zero-order chi connectivity index (χ0) is 23.4. The first-order chi connectivity index (χ1) is 17.3. The molecule has 0 saturated heterocycles. The van der Waals surface area contributed by atoms with Crippen LogP contribution >= 0.6 is 0 Å². The lowest BCUT2D eigenvalue weighted by atomic mass is 9.84. The van der Waals surface area contributed by atoms with Gasteiger partial charge in [-0.05, 0) is 60.8 Å². The van der Waals surface area contributed by atoms with E-state index in [-0.39, 0.29) is 11.7 Å². The highest BCUT2D eigenvalue weighted by Crippen LogP contribution is 2.36. The second-order valence-electron chi connectivity index (χ2n) is 9.16. The van der Waals surface area contributed by atoms with Gasteiger partial charge in [0.15, 0.2) is 0 Å². The average molecular weight is 451 g/mol. The van der Waals surface area contributed by atoms with Crippen LogP contribution in [0.15, 0.2) is 114 Å². The Morgan fingerprint density at radius 2 is 1.14 bits per heavy atom. The van der Waals surface area contributed by atoms with Gasteiger partial charge in [-0.15, -0.1) is 0 Å². The summed E-state index contributed by atoms with van der Waals surface area (Å²) in [5, 5.41) is 13.6. The van der Waals surface area contributed by atoms with Gasteiger partial charge < -0.3 is 5.43 Å². The van der Waals surface area contributed by atoms with E-state index >= 15 is 0 Å². The Hall–Kier alpha value is -4.50. The van der Waals surface area contributed by atoms with Crippen molar-refractivity contribution >= 4 is 54.6 Å². The summed E-state index contributed by atoms with van der Waals surface area (Å²) < 4.78 is 0. The first-order valence-electron chi connectivity index (χ1n) is 12.0. The predicted octanol–water partition coefficient (Wildman–Crippen LogP) is 7.23. The molecule has 7 rings (SSSR count). The summed E-state index contributed by atoms with van der Waals surface area (Å²) in [5.74, 6) is -0.138. The van der Waals surface area contributed by atoms with Crippen molar-refractivity contribution in [3.05, 3.63) is 120 Å². The van der Waals surface area contributed by atoms with Gasteiger partial charge in [0.25, 0.3) is 0 Å². The topological polar surface area (TPSA) is 41.5 Å². The van der Waals surface area contributed by atoms with Gasteiger partial charge in [-0.25, -0.2) is 0 Å². The molecule has 0 radical (unpaired) electrons. The first kappa shape index (κ1) is 19.9. The molecule has 3 nitrogen and oxygen atoms in total. The lowest BCUT2D eigenvalue weighted by Crippen LogP contribution is -2.22. The fraction of sp³-hybridized carbons (Fsp3) is 0.0625. The Kier molecular flexibility index (Phi) is 4.43. The van der Waals surface area contributed by atoms with Crippen LogP contribution in [0.1, 0.15) is 21.8 Å². The number of hydrogen-bond acceptors (Lipinski definition) is 3. The first-order valence-corrected chi connectivity index (χ1v) is 12.0. The van der Waals surface area contributed by atoms with E-state index < -0.39 is 0 Å². The molecule has 0 amide bonds. The summed E-state index contributed by atoms with van der Waals surface area (Å²) in [6, 6.07) is 37.6. The summed E-state index contributed by atoms with van der Waals surface area (Å²) in [6.07, 6.45) is 0. The molecule has 166 valence electrons. The molecule has 0 spiro atoms. The maximum absolute atomic E-state index is 14.1. The molecule has 1 unspecified atom stereocenters. The van der Waals surface area contributed by atoms with Crippen molar-refractivity contribution in [3.63, 3.8) is 0 Å². The van der Waals surface area contributed by atoms with Crippen LogP contribution in [0.5, 0.6) is 0 Å². The van der Waals surface area contributed by atoms with Crippen LogP contribution < -0.4 is 5.43 Å². The number of Topliss-reactive ketones (excluding diaryl/α,β-unsaturated/α-hetero) is 1. The number of benzene rings is 6. The molecule has 0 fully saturated rings. The number of rotatable bonds is 3. The zero-order valence-electron chi connectivity index (χ0n) is 19.0. The van der Waals surface area contributed by atoms with Crippen molar-refractivity contribution in [2.45, 2.75) is 5.92 Å². The number of nitrogens with one attached hydrogen (secondary N) is 1. The molecule has 1 aliphatic rings. The van der Waals surface area contributed by atoms with Crippen LogP contribution in [0.3, 0.4) is 0 Å². The third kappa shape index (κ3) is 3.05. The van der Waals surface area contributed by atoms with Crippen LogP contribution in [-0.2, 0) is 0 Å². The van der Waals surface area contributed by atoms with Crippen LogP contribution in [-0.4, -0.2) is 18.0 Å². The largest absolute Gasteiger partial charge is 0.309 e. The Labute approximate surface area is 202 Å². The molecule has 1 heterocycles. The van der Waals surface area contributed by atoms with Crippen molar-refractivity contribution in [2.24, 2.45) is 5.10 Å². The summed E-state index contributed by atoms with van der Waals surface area (Å²) in [4.78, 5) is 14.1. The molecule has 1 aliphatic heterocycles. The van der Waals surface area contributed by atoms with Crippen molar-refractivity contribution in [2.75, 3.05) is 6.54 Å². The maximum Gasteiger partial charge on any atom is 0.210 e. The van der Waals surface area contributed by atoms with Crippen LogP contribution in [0.2, 0.25) is 0 Å². The molecule has 0 bridgehead atoms. The van der Waals surface area contributed by atoms with Gasteiger partial charge in [0.05, 0.1) is 5.92 Å². The van der Waals surface area contributed by atoms with Crippen molar-refractivity contribution in [1.29, 1.82) is 0 Å². The number of carbonyl (C=O) groups is 1. The highest BCUT2D eigenvalue weighted by Gasteiger charge is 2.32. The smallest absolute Gasteiger partial charge is 0.210 e. The number of ketones is 1. The van der Waals surface area contributed by atoms with Crippen molar-refractivity contribution in [3.8, 4) is 0 Å². The van der Waals surface area contributed by atoms with E-state index in [9.17, 15) is 4.79 Å². The Balaban J connectivity index is 1.42. The van der Waals surface area contributed by atoms with Crippen molar-refractivity contribution < 1.29 is 4.79 Å². The lowest BCUT2D eigenvalue weighted by molar-refractivity contribution is 0.106. The molecule has 0 saturated carbocycles. The molecule has 3 heteroatoms. The molecule has 6 aromatic carbocycles. The number of hydrazone groups is 1. The van der Waals surface area contributed by atoms with E-state index in [0.717, 1.165) is 27.1 Å². The monoisotopic (exact) mass is 450 g/mol. The summed E-state index contributed by atoms with van der Waals surface area (Å²) in [6.45, 7) is 0.606. The molecule has 35 heavy (non-hydrogen) atoms. The maximum atomic E-state index is 14.1. The van der Waals surface area contributed by atoms with E-state index in [1.54, 1.807) is 0 Å². The molecule has 6 aromatic rings. The predicted molar refractivity (Wildman–Crippen MR) is 145 cm³/mol. The van der Waals surface area contributed by atoms with Gasteiger partial charge in [0.2, 0.25) is 5.78 Å². The normalized spacial score (nSPS) is 15.5. The molecule has 1 atom stereocenters. The lowest BCUT2D eigenvalue weighted by Gasteiger charge is -2.17. The number of hydrogen-bond donors (Lipinski definition) is 1. The number of nitrogens with zero attached hydrogens (tertiary/aromatic N) is 1. The average Bonchev–Trinajstić information content (AvgIpc) is 3.41. The minimum atomic E-state index is -0.123. The summed E-state index contributed by atoms with van der Waals surface area (Å²) in [7, 11) is 0. The Morgan fingerprint density at radius 3 is 1.83 bits per heavy atom. The van der Waals surface area contributed by atoms with Gasteiger partial charge >= 0.3 is 0 Å². The third-order valence-corrected chi connectivity index (χ3v) is 7.25. The minimum absolute atomic E-state index is 0.0146. The third-order valence-electron chi connectivity index (χ3n) is 7.25. The second-order valence-corrected chi connectivity index (χ2v) is 9.16.